The number of pyridine rings is 1. The van der Waals surface area contributed by atoms with Gasteiger partial charge in [0.15, 0.2) is 0 Å². The Morgan fingerprint density at radius 3 is 2.63 bits per heavy atom. The van der Waals surface area contributed by atoms with Crippen LogP contribution in [0, 0.1) is 6.92 Å². The van der Waals surface area contributed by atoms with Gasteiger partial charge < -0.3 is 9.67 Å². The van der Waals surface area contributed by atoms with Crippen molar-refractivity contribution in [3.63, 3.8) is 0 Å². The van der Waals surface area contributed by atoms with Gasteiger partial charge in [0.2, 0.25) is 0 Å². The molecule has 2 aromatic heterocycles. The van der Waals surface area contributed by atoms with Crippen LogP contribution >= 0.6 is 0 Å². The van der Waals surface area contributed by atoms with E-state index < -0.39 is 5.97 Å². The molecule has 0 unspecified atom stereocenters. The normalized spacial score (nSPS) is 11.1. The summed E-state index contributed by atoms with van der Waals surface area (Å²) in [5.74, 6) is -0.965. The van der Waals surface area contributed by atoms with Gasteiger partial charge in [-0.2, -0.15) is 0 Å². The number of aryl methyl sites for hydroxylation is 1. The van der Waals surface area contributed by atoms with Crippen LogP contribution in [-0.2, 0) is 13.1 Å². The predicted octanol–water partition coefficient (Wildman–Crippen LogP) is 3.47. The van der Waals surface area contributed by atoms with E-state index in [0.29, 0.717) is 11.4 Å². The van der Waals surface area contributed by atoms with Crippen molar-refractivity contribution in [1.82, 2.24) is 19.4 Å². The molecule has 2 heterocycles. The first kappa shape index (κ1) is 18.8. The van der Waals surface area contributed by atoms with Crippen molar-refractivity contribution >= 4 is 5.97 Å². The molecule has 0 aliphatic heterocycles. The van der Waals surface area contributed by atoms with Gasteiger partial charge in [-0.1, -0.05) is 36.8 Å². The summed E-state index contributed by atoms with van der Waals surface area (Å²) in [7, 11) is 0. The first-order valence-corrected chi connectivity index (χ1v) is 9.04. The van der Waals surface area contributed by atoms with E-state index in [1.165, 1.54) is 23.4 Å². The van der Waals surface area contributed by atoms with Gasteiger partial charge in [0.1, 0.15) is 5.69 Å². The molecule has 6 heteroatoms. The fraction of sp³-hybridized carbons (Fsp3) is 0.286. The van der Waals surface area contributed by atoms with Crippen LogP contribution in [0.15, 0.2) is 55.1 Å². The van der Waals surface area contributed by atoms with Crippen LogP contribution in [0.5, 0.6) is 0 Å². The summed E-state index contributed by atoms with van der Waals surface area (Å²) in [5.41, 5.74) is 4.04. The number of benzene rings is 1. The largest absolute Gasteiger partial charge is 0.478 e. The first-order chi connectivity index (χ1) is 13.0. The van der Waals surface area contributed by atoms with Crippen LogP contribution in [0.1, 0.15) is 28.4 Å². The highest BCUT2D eigenvalue weighted by Gasteiger charge is 2.09. The van der Waals surface area contributed by atoms with Crippen LogP contribution in [0.25, 0.3) is 11.4 Å². The van der Waals surface area contributed by atoms with Crippen molar-refractivity contribution in [3.8, 4) is 11.4 Å². The maximum atomic E-state index is 11.1. The van der Waals surface area contributed by atoms with Crippen LogP contribution < -0.4 is 0 Å². The molecule has 1 aromatic carbocycles. The number of aromatic nitrogens is 3. The van der Waals surface area contributed by atoms with E-state index in [4.69, 9.17) is 5.11 Å². The standard InChI is InChI=1S/C21H24N4O2/c1-3-24(13-17-6-4-16(2)5-7-17)10-11-25-14-20(23-15-25)19-12-18(21(26)27)8-9-22-19/h4-9,12,14-15H,3,10-11,13H2,1-2H3,(H,26,27). The lowest BCUT2D eigenvalue weighted by molar-refractivity contribution is 0.0697. The van der Waals surface area contributed by atoms with Crippen LogP contribution in [0.3, 0.4) is 0 Å². The molecule has 0 atom stereocenters. The van der Waals surface area contributed by atoms with Crippen molar-refractivity contribution < 1.29 is 9.90 Å². The highest BCUT2D eigenvalue weighted by atomic mass is 16.4. The molecule has 6 nitrogen and oxygen atoms in total. The lowest BCUT2D eigenvalue weighted by Crippen LogP contribution is -2.26. The monoisotopic (exact) mass is 364 g/mol. The van der Waals surface area contributed by atoms with Crippen molar-refractivity contribution in [2.45, 2.75) is 26.9 Å². The minimum atomic E-state index is -0.965. The maximum Gasteiger partial charge on any atom is 0.335 e. The molecule has 3 rings (SSSR count). The number of hydrogen-bond acceptors (Lipinski definition) is 4. The van der Waals surface area contributed by atoms with Gasteiger partial charge in [-0.25, -0.2) is 9.78 Å². The lowest BCUT2D eigenvalue weighted by atomic mass is 10.1. The van der Waals surface area contributed by atoms with E-state index in [-0.39, 0.29) is 5.56 Å². The van der Waals surface area contributed by atoms with Gasteiger partial charge >= 0.3 is 5.97 Å². The van der Waals surface area contributed by atoms with Gasteiger partial charge in [0, 0.05) is 32.0 Å². The van der Waals surface area contributed by atoms with E-state index >= 15 is 0 Å². The number of carboxylic acid groups (broad SMARTS) is 1. The lowest BCUT2D eigenvalue weighted by Gasteiger charge is -2.20. The molecule has 0 bridgehead atoms. The topological polar surface area (TPSA) is 71.2 Å². The third kappa shape index (κ3) is 5.01. The summed E-state index contributed by atoms with van der Waals surface area (Å²) >= 11 is 0. The zero-order chi connectivity index (χ0) is 19.2. The Bertz CT molecular complexity index is 903. The smallest absolute Gasteiger partial charge is 0.335 e. The predicted molar refractivity (Wildman–Crippen MR) is 105 cm³/mol. The molecule has 0 saturated heterocycles. The fourth-order valence-corrected chi connectivity index (χ4v) is 2.88. The summed E-state index contributed by atoms with van der Waals surface area (Å²) in [4.78, 5) is 22.1. The molecule has 0 fully saturated rings. The molecular formula is C21H24N4O2. The second-order valence-corrected chi connectivity index (χ2v) is 6.59. The number of aromatic carboxylic acids is 1. The molecule has 1 N–H and O–H groups in total. The van der Waals surface area contributed by atoms with Crippen molar-refractivity contribution in [3.05, 3.63) is 71.8 Å². The van der Waals surface area contributed by atoms with Gasteiger partial charge in [-0.3, -0.25) is 9.88 Å². The molecule has 0 aliphatic rings. The number of nitrogens with zero attached hydrogens (tertiary/aromatic N) is 4. The number of imidazole rings is 1. The third-order valence-corrected chi connectivity index (χ3v) is 4.55. The summed E-state index contributed by atoms with van der Waals surface area (Å²) in [6.07, 6.45) is 5.18. The molecule has 140 valence electrons. The molecule has 27 heavy (non-hydrogen) atoms. The highest BCUT2D eigenvalue weighted by Crippen LogP contribution is 2.16. The summed E-state index contributed by atoms with van der Waals surface area (Å²) < 4.78 is 2.02. The Morgan fingerprint density at radius 1 is 1.15 bits per heavy atom. The maximum absolute atomic E-state index is 11.1. The Morgan fingerprint density at radius 2 is 1.93 bits per heavy atom. The van der Waals surface area contributed by atoms with Gasteiger partial charge in [0.25, 0.3) is 0 Å². The van der Waals surface area contributed by atoms with Gasteiger partial charge in [-0.15, -0.1) is 0 Å². The van der Waals surface area contributed by atoms with Crippen molar-refractivity contribution in [1.29, 1.82) is 0 Å². The molecule has 0 amide bonds. The zero-order valence-electron chi connectivity index (χ0n) is 15.7. The number of hydrogen-bond donors (Lipinski definition) is 1. The molecule has 0 saturated carbocycles. The van der Waals surface area contributed by atoms with Crippen molar-refractivity contribution in [2.75, 3.05) is 13.1 Å². The summed E-state index contributed by atoms with van der Waals surface area (Å²) in [6, 6.07) is 11.7. The second-order valence-electron chi connectivity index (χ2n) is 6.59. The molecule has 3 aromatic rings. The average molecular weight is 364 g/mol. The van der Waals surface area contributed by atoms with Crippen LogP contribution in [-0.4, -0.2) is 43.6 Å². The van der Waals surface area contributed by atoms with Crippen LogP contribution in [0.4, 0.5) is 0 Å². The van der Waals surface area contributed by atoms with E-state index in [9.17, 15) is 4.79 Å². The Hall–Kier alpha value is -2.99. The molecule has 0 radical (unpaired) electrons. The van der Waals surface area contributed by atoms with E-state index in [0.717, 1.165) is 26.2 Å². The molecular weight excluding hydrogens is 340 g/mol. The number of carbonyl (C=O) groups is 1. The van der Waals surface area contributed by atoms with E-state index in [1.807, 2.05) is 10.8 Å². The molecule has 0 spiro atoms. The molecule has 0 aliphatic carbocycles. The first-order valence-electron chi connectivity index (χ1n) is 9.04. The summed E-state index contributed by atoms with van der Waals surface area (Å²) in [5, 5.41) is 9.11. The van der Waals surface area contributed by atoms with Gasteiger partial charge in [0.05, 0.1) is 17.6 Å². The van der Waals surface area contributed by atoms with Crippen LogP contribution in [0.2, 0.25) is 0 Å². The fourth-order valence-electron chi connectivity index (χ4n) is 2.88. The number of carboxylic acids is 1. The Labute approximate surface area is 159 Å². The minimum absolute atomic E-state index is 0.213. The Balaban J connectivity index is 1.62. The second kappa shape index (κ2) is 8.60. The van der Waals surface area contributed by atoms with Crippen molar-refractivity contribution in [2.24, 2.45) is 0 Å². The number of rotatable bonds is 8. The Kier molecular flexibility index (Phi) is 5.98. The highest BCUT2D eigenvalue weighted by molar-refractivity contribution is 5.88. The quantitative estimate of drug-likeness (QED) is 0.663. The van der Waals surface area contributed by atoms with E-state index in [2.05, 4.69) is 53.0 Å². The SMILES string of the molecule is CCN(CCn1cnc(-c2cc(C(=O)O)ccn2)c1)Cc1ccc(C)cc1. The van der Waals surface area contributed by atoms with E-state index in [1.54, 1.807) is 12.4 Å². The third-order valence-electron chi connectivity index (χ3n) is 4.55. The minimum Gasteiger partial charge on any atom is -0.478 e. The summed E-state index contributed by atoms with van der Waals surface area (Å²) in [6.45, 7) is 7.86. The van der Waals surface area contributed by atoms with Gasteiger partial charge in [-0.05, 0) is 31.2 Å². The number of likely N-dealkylation sites (N-methyl/N-ethyl adjacent to an activating group) is 1. The zero-order valence-corrected chi connectivity index (χ0v) is 15.7. The average Bonchev–Trinajstić information content (AvgIpc) is 3.16.